The molecule has 1 aliphatic rings. The average molecular weight is 244 g/mol. The third kappa shape index (κ3) is 2.51. The van der Waals surface area contributed by atoms with E-state index < -0.39 is 0 Å². The van der Waals surface area contributed by atoms with Gasteiger partial charge in [-0.15, -0.1) is 0 Å². The molecular weight excluding hydrogens is 224 g/mol. The molecule has 0 spiro atoms. The molecule has 1 aliphatic carbocycles. The summed E-state index contributed by atoms with van der Waals surface area (Å²) in [7, 11) is 0. The molecule has 1 N–H and O–H groups in total. The molecule has 1 aromatic carbocycles. The minimum Gasteiger partial charge on any atom is -0.494 e. The van der Waals surface area contributed by atoms with Crippen LogP contribution in [-0.2, 0) is 6.54 Å². The number of hydrogen-bond acceptors (Lipinski definition) is 2. The molecular formula is C15H20N2O. The quantitative estimate of drug-likeness (QED) is 0.845. The van der Waals surface area contributed by atoms with E-state index in [2.05, 4.69) is 40.3 Å². The zero-order valence-corrected chi connectivity index (χ0v) is 10.9. The number of hydrogen-bond donors (Lipinski definition) is 1. The fourth-order valence-corrected chi connectivity index (χ4v) is 2.31. The van der Waals surface area contributed by atoms with Crippen LogP contribution in [0.1, 0.15) is 19.8 Å². The van der Waals surface area contributed by atoms with E-state index in [1.54, 1.807) is 0 Å². The summed E-state index contributed by atoms with van der Waals surface area (Å²) in [6.07, 6.45) is 4.86. The summed E-state index contributed by atoms with van der Waals surface area (Å²) in [5.74, 6) is 0.957. The van der Waals surface area contributed by atoms with Gasteiger partial charge in [-0.2, -0.15) is 0 Å². The Bertz CT molecular complexity index is 528. The molecule has 3 heteroatoms. The Kier molecular flexibility index (Phi) is 3.24. The van der Waals surface area contributed by atoms with E-state index in [-0.39, 0.29) is 0 Å². The number of nitrogens with one attached hydrogen (secondary N) is 1. The SMILES string of the molecule is CCOc1ccc2c(ccn2CCNC2CC2)c1. The molecule has 0 amide bonds. The van der Waals surface area contributed by atoms with Gasteiger partial charge in [0.25, 0.3) is 0 Å². The van der Waals surface area contributed by atoms with Crippen molar-refractivity contribution in [1.29, 1.82) is 0 Å². The van der Waals surface area contributed by atoms with Crippen molar-refractivity contribution >= 4 is 10.9 Å². The van der Waals surface area contributed by atoms with Crippen LogP contribution in [0.5, 0.6) is 5.75 Å². The number of nitrogens with zero attached hydrogens (tertiary/aromatic N) is 1. The molecule has 0 aliphatic heterocycles. The molecule has 0 radical (unpaired) electrons. The van der Waals surface area contributed by atoms with E-state index in [1.807, 2.05) is 6.92 Å². The monoisotopic (exact) mass is 244 g/mol. The van der Waals surface area contributed by atoms with E-state index in [4.69, 9.17) is 4.74 Å². The predicted octanol–water partition coefficient (Wildman–Crippen LogP) is 2.79. The molecule has 3 rings (SSSR count). The first-order valence-electron chi connectivity index (χ1n) is 6.82. The second-order valence-electron chi connectivity index (χ2n) is 4.89. The van der Waals surface area contributed by atoms with Crippen molar-refractivity contribution in [1.82, 2.24) is 9.88 Å². The summed E-state index contributed by atoms with van der Waals surface area (Å²) >= 11 is 0. The summed E-state index contributed by atoms with van der Waals surface area (Å²) in [6.45, 7) is 4.83. The molecule has 18 heavy (non-hydrogen) atoms. The molecule has 1 fully saturated rings. The highest BCUT2D eigenvalue weighted by Gasteiger charge is 2.19. The van der Waals surface area contributed by atoms with Crippen LogP contribution < -0.4 is 10.1 Å². The van der Waals surface area contributed by atoms with E-state index in [1.165, 1.54) is 23.7 Å². The Labute approximate surface area is 108 Å². The predicted molar refractivity (Wildman–Crippen MR) is 74.1 cm³/mol. The van der Waals surface area contributed by atoms with Crippen molar-refractivity contribution in [2.75, 3.05) is 13.2 Å². The lowest BCUT2D eigenvalue weighted by Crippen LogP contribution is -2.21. The van der Waals surface area contributed by atoms with Gasteiger partial charge in [0.15, 0.2) is 0 Å². The van der Waals surface area contributed by atoms with Crippen molar-refractivity contribution in [2.24, 2.45) is 0 Å². The fraction of sp³-hybridized carbons (Fsp3) is 0.467. The summed E-state index contributed by atoms with van der Waals surface area (Å²) in [5, 5.41) is 4.80. The third-order valence-electron chi connectivity index (χ3n) is 3.42. The van der Waals surface area contributed by atoms with Gasteiger partial charge in [0.2, 0.25) is 0 Å². The smallest absolute Gasteiger partial charge is 0.120 e. The molecule has 1 saturated carbocycles. The fourth-order valence-electron chi connectivity index (χ4n) is 2.31. The van der Waals surface area contributed by atoms with Gasteiger partial charge < -0.3 is 14.6 Å². The van der Waals surface area contributed by atoms with E-state index in [0.29, 0.717) is 0 Å². The van der Waals surface area contributed by atoms with Gasteiger partial charge in [-0.25, -0.2) is 0 Å². The first-order chi connectivity index (χ1) is 8.86. The van der Waals surface area contributed by atoms with Crippen LogP contribution in [0.3, 0.4) is 0 Å². The van der Waals surface area contributed by atoms with Gasteiger partial charge in [0.1, 0.15) is 5.75 Å². The van der Waals surface area contributed by atoms with Crippen molar-refractivity contribution in [3.05, 3.63) is 30.5 Å². The van der Waals surface area contributed by atoms with Crippen LogP contribution in [0.15, 0.2) is 30.5 Å². The van der Waals surface area contributed by atoms with Crippen molar-refractivity contribution in [2.45, 2.75) is 32.4 Å². The standard InChI is InChI=1S/C15H20N2O/c1-2-18-14-5-6-15-12(11-14)7-9-17(15)10-8-16-13-3-4-13/h5-7,9,11,13,16H,2-4,8,10H2,1H3. The van der Waals surface area contributed by atoms with E-state index >= 15 is 0 Å². The lowest BCUT2D eigenvalue weighted by molar-refractivity contribution is 0.340. The zero-order chi connectivity index (χ0) is 12.4. The lowest BCUT2D eigenvalue weighted by Gasteiger charge is -2.07. The van der Waals surface area contributed by atoms with Crippen molar-refractivity contribution in [3.63, 3.8) is 0 Å². The van der Waals surface area contributed by atoms with Gasteiger partial charge in [-0.3, -0.25) is 0 Å². The summed E-state index contributed by atoms with van der Waals surface area (Å²) < 4.78 is 7.83. The molecule has 1 aromatic heterocycles. The third-order valence-corrected chi connectivity index (χ3v) is 3.42. The lowest BCUT2D eigenvalue weighted by atomic mass is 10.2. The number of rotatable bonds is 6. The Hall–Kier alpha value is -1.48. The van der Waals surface area contributed by atoms with Crippen LogP contribution in [-0.4, -0.2) is 23.8 Å². The minimum absolute atomic E-state index is 0.720. The highest BCUT2D eigenvalue weighted by Crippen LogP contribution is 2.22. The zero-order valence-electron chi connectivity index (χ0n) is 10.9. The Morgan fingerprint density at radius 3 is 3.00 bits per heavy atom. The van der Waals surface area contributed by atoms with Gasteiger partial charge in [-0.05, 0) is 44.0 Å². The minimum atomic E-state index is 0.720. The molecule has 2 aromatic rings. The molecule has 3 nitrogen and oxygen atoms in total. The van der Waals surface area contributed by atoms with E-state index in [9.17, 15) is 0 Å². The highest BCUT2D eigenvalue weighted by molar-refractivity contribution is 5.81. The molecule has 0 unspecified atom stereocenters. The molecule has 0 bridgehead atoms. The molecule has 0 atom stereocenters. The average Bonchev–Trinajstić information content (AvgIpc) is 3.11. The summed E-state index contributed by atoms with van der Waals surface area (Å²) in [5.41, 5.74) is 1.29. The second-order valence-corrected chi connectivity index (χ2v) is 4.89. The first kappa shape index (κ1) is 11.6. The van der Waals surface area contributed by atoms with Gasteiger partial charge in [0.05, 0.1) is 6.61 Å². The van der Waals surface area contributed by atoms with E-state index in [0.717, 1.165) is 31.5 Å². The molecule has 96 valence electrons. The maximum atomic E-state index is 5.52. The van der Waals surface area contributed by atoms with Crippen LogP contribution in [0.25, 0.3) is 10.9 Å². The molecule has 1 heterocycles. The second kappa shape index (κ2) is 5.02. The largest absolute Gasteiger partial charge is 0.494 e. The van der Waals surface area contributed by atoms with Gasteiger partial charge in [0, 0.05) is 36.2 Å². The summed E-state index contributed by atoms with van der Waals surface area (Å²) in [4.78, 5) is 0. The normalized spacial score (nSPS) is 15.2. The Balaban J connectivity index is 1.71. The first-order valence-corrected chi connectivity index (χ1v) is 6.82. The van der Waals surface area contributed by atoms with Gasteiger partial charge in [-0.1, -0.05) is 0 Å². The maximum Gasteiger partial charge on any atom is 0.120 e. The highest BCUT2D eigenvalue weighted by atomic mass is 16.5. The van der Waals surface area contributed by atoms with Gasteiger partial charge >= 0.3 is 0 Å². The number of fused-ring (bicyclic) bond motifs is 1. The Morgan fingerprint density at radius 1 is 1.33 bits per heavy atom. The van der Waals surface area contributed by atoms with Crippen molar-refractivity contribution in [3.8, 4) is 5.75 Å². The van der Waals surface area contributed by atoms with Crippen LogP contribution in [0, 0.1) is 0 Å². The maximum absolute atomic E-state index is 5.52. The topological polar surface area (TPSA) is 26.2 Å². The summed E-state index contributed by atoms with van der Waals surface area (Å²) in [6, 6.07) is 9.27. The molecule has 0 saturated heterocycles. The van der Waals surface area contributed by atoms with Crippen LogP contribution >= 0.6 is 0 Å². The number of ether oxygens (including phenoxy) is 1. The van der Waals surface area contributed by atoms with Crippen LogP contribution in [0.4, 0.5) is 0 Å². The van der Waals surface area contributed by atoms with Crippen LogP contribution in [0.2, 0.25) is 0 Å². The Morgan fingerprint density at radius 2 is 2.22 bits per heavy atom. The number of benzene rings is 1. The van der Waals surface area contributed by atoms with Crippen molar-refractivity contribution < 1.29 is 4.74 Å². The number of aromatic nitrogens is 1.